The van der Waals surface area contributed by atoms with Crippen molar-refractivity contribution in [2.75, 3.05) is 5.75 Å². The maximum atomic E-state index is 11.3. The summed E-state index contributed by atoms with van der Waals surface area (Å²) in [5.41, 5.74) is 5.30. The Hall–Kier alpha value is -1.08. The molecule has 1 rings (SSSR count). The summed E-state index contributed by atoms with van der Waals surface area (Å²) in [5, 5.41) is 10.7. The molecule has 1 saturated heterocycles. The molecule has 0 saturated carbocycles. The van der Waals surface area contributed by atoms with Crippen LogP contribution in [-0.4, -0.2) is 39.4 Å². The Balaban J connectivity index is 2.54. The van der Waals surface area contributed by atoms with Crippen LogP contribution >= 0.6 is 11.8 Å². The van der Waals surface area contributed by atoms with Gasteiger partial charge in [0.2, 0.25) is 11.8 Å². The Morgan fingerprint density at radius 1 is 1.73 bits per heavy atom. The van der Waals surface area contributed by atoms with Gasteiger partial charge in [-0.3, -0.25) is 19.7 Å². The molecule has 0 aliphatic carbocycles. The molecule has 15 heavy (non-hydrogen) atoms. The molecule has 2 atom stereocenters. The molecule has 7 heteroatoms. The van der Waals surface area contributed by atoms with Crippen molar-refractivity contribution in [3.05, 3.63) is 0 Å². The number of hydrogen-bond donors (Lipinski definition) is 3. The third kappa shape index (κ3) is 2.69. The van der Waals surface area contributed by atoms with Gasteiger partial charge in [0.1, 0.15) is 10.8 Å². The predicted octanol–water partition coefficient (Wildman–Crippen LogP) is -1.06. The van der Waals surface area contributed by atoms with Crippen LogP contribution in [0.5, 0.6) is 0 Å². The number of carboxylic acid groups (broad SMARTS) is 1. The van der Waals surface area contributed by atoms with E-state index in [0.29, 0.717) is 0 Å². The summed E-state index contributed by atoms with van der Waals surface area (Å²) in [6, 6.07) is -1.02. The second-order valence-corrected chi connectivity index (χ2v) is 5.06. The van der Waals surface area contributed by atoms with Gasteiger partial charge in [-0.1, -0.05) is 0 Å². The molecule has 1 heterocycles. The Kier molecular flexibility index (Phi) is 3.35. The topological polar surface area (TPSA) is 109 Å². The van der Waals surface area contributed by atoms with Crippen molar-refractivity contribution in [3.63, 3.8) is 0 Å². The summed E-state index contributed by atoms with van der Waals surface area (Å²) < 4.78 is -0.885. The van der Waals surface area contributed by atoms with E-state index in [2.05, 4.69) is 5.32 Å². The molecular weight excluding hydrogens is 220 g/mol. The molecule has 2 unspecified atom stereocenters. The van der Waals surface area contributed by atoms with E-state index in [9.17, 15) is 14.4 Å². The lowest BCUT2D eigenvalue weighted by Crippen LogP contribution is -2.37. The molecule has 1 aliphatic rings. The van der Waals surface area contributed by atoms with Crippen molar-refractivity contribution < 1.29 is 19.5 Å². The van der Waals surface area contributed by atoms with Crippen LogP contribution in [0.2, 0.25) is 0 Å². The lowest BCUT2D eigenvalue weighted by molar-refractivity contribution is -0.138. The zero-order chi connectivity index (χ0) is 11.6. The van der Waals surface area contributed by atoms with Crippen LogP contribution in [0, 0.1) is 0 Å². The number of nitrogens with two attached hydrogens (primary N) is 1. The summed E-state index contributed by atoms with van der Waals surface area (Å²) in [6.45, 7) is 1.60. The van der Waals surface area contributed by atoms with Crippen LogP contribution in [0.25, 0.3) is 0 Å². The first-order valence-electron chi connectivity index (χ1n) is 4.32. The Bertz CT molecular complexity index is 320. The van der Waals surface area contributed by atoms with Crippen molar-refractivity contribution in [2.24, 2.45) is 5.73 Å². The smallest absolute Gasteiger partial charge is 0.321 e. The second kappa shape index (κ2) is 4.19. The number of aliphatic carboxylic acids is 1. The fraction of sp³-hybridized carbons (Fsp3) is 0.625. The van der Waals surface area contributed by atoms with Gasteiger partial charge in [0.15, 0.2) is 0 Å². The summed E-state index contributed by atoms with van der Waals surface area (Å²) in [4.78, 5) is 32.8. The molecule has 1 aliphatic heterocycles. The second-order valence-electron chi connectivity index (χ2n) is 3.54. The highest BCUT2D eigenvalue weighted by Crippen LogP contribution is 2.32. The molecule has 0 bridgehead atoms. The first-order chi connectivity index (χ1) is 6.85. The molecule has 0 spiro atoms. The van der Waals surface area contributed by atoms with E-state index in [4.69, 9.17) is 10.8 Å². The number of rotatable bonds is 4. The van der Waals surface area contributed by atoms with E-state index in [1.165, 1.54) is 0 Å². The van der Waals surface area contributed by atoms with Crippen LogP contribution in [-0.2, 0) is 14.4 Å². The van der Waals surface area contributed by atoms with E-state index >= 15 is 0 Å². The molecule has 2 amide bonds. The Labute approximate surface area is 90.6 Å². The van der Waals surface area contributed by atoms with Crippen molar-refractivity contribution in [1.82, 2.24) is 5.32 Å². The van der Waals surface area contributed by atoms with E-state index in [0.717, 1.165) is 11.8 Å². The number of nitrogens with one attached hydrogen (secondary N) is 1. The summed E-state index contributed by atoms with van der Waals surface area (Å²) >= 11 is 1.10. The van der Waals surface area contributed by atoms with Crippen molar-refractivity contribution >= 4 is 29.5 Å². The van der Waals surface area contributed by atoms with Gasteiger partial charge in [0.25, 0.3) is 0 Å². The molecule has 84 valence electrons. The Morgan fingerprint density at radius 2 is 2.33 bits per heavy atom. The zero-order valence-electron chi connectivity index (χ0n) is 8.15. The quantitative estimate of drug-likeness (QED) is 0.533. The minimum absolute atomic E-state index is 0.0723. The third-order valence-electron chi connectivity index (χ3n) is 2.13. The zero-order valence-corrected chi connectivity index (χ0v) is 8.97. The molecule has 0 aromatic carbocycles. The van der Waals surface area contributed by atoms with Gasteiger partial charge in [0, 0.05) is 5.75 Å². The minimum Gasteiger partial charge on any atom is -0.480 e. The molecular formula is C8H12N2O4S. The molecule has 0 radical (unpaired) electrons. The molecule has 0 aromatic rings. The van der Waals surface area contributed by atoms with Crippen molar-refractivity contribution in [2.45, 2.75) is 24.1 Å². The van der Waals surface area contributed by atoms with E-state index < -0.39 is 16.8 Å². The van der Waals surface area contributed by atoms with Crippen LogP contribution in [0.4, 0.5) is 0 Å². The largest absolute Gasteiger partial charge is 0.480 e. The summed E-state index contributed by atoms with van der Waals surface area (Å²) in [7, 11) is 0. The van der Waals surface area contributed by atoms with Crippen molar-refractivity contribution in [1.29, 1.82) is 0 Å². The fourth-order valence-corrected chi connectivity index (χ4v) is 2.26. The van der Waals surface area contributed by atoms with Crippen LogP contribution in [0.1, 0.15) is 13.3 Å². The number of amides is 2. The van der Waals surface area contributed by atoms with Crippen LogP contribution in [0.3, 0.4) is 0 Å². The average molecular weight is 232 g/mol. The number of imide groups is 1. The van der Waals surface area contributed by atoms with E-state index in [-0.39, 0.29) is 24.0 Å². The number of carbonyl (C=O) groups is 3. The lowest BCUT2D eigenvalue weighted by atomic mass is 10.1. The third-order valence-corrected chi connectivity index (χ3v) is 3.62. The highest BCUT2D eigenvalue weighted by Gasteiger charge is 2.43. The SMILES string of the molecule is CC1(SCC(N)C(=O)O)CC(=O)NC1=O. The van der Waals surface area contributed by atoms with Crippen LogP contribution in [0.15, 0.2) is 0 Å². The van der Waals surface area contributed by atoms with Gasteiger partial charge in [0.05, 0.1) is 6.42 Å². The van der Waals surface area contributed by atoms with Crippen molar-refractivity contribution in [3.8, 4) is 0 Å². The molecule has 6 nitrogen and oxygen atoms in total. The maximum absolute atomic E-state index is 11.3. The van der Waals surface area contributed by atoms with Gasteiger partial charge in [-0.15, -0.1) is 11.8 Å². The monoisotopic (exact) mass is 232 g/mol. The van der Waals surface area contributed by atoms with E-state index in [1.807, 2.05) is 0 Å². The van der Waals surface area contributed by atoms with Gasteiger partial charge in [-0.2, -0.15) is 0 Å². The Morgan fingerprint density at radius 3 is 2.73 bits per heavy atom. The van der Waals surface area contributed by atoms with Gasteiger partial charge in [-0.25, -0.2) is 0 Å². The summed E-state index contributed by atoms with van der Waals surface area (Å²) in [6.07, 6.45) is 0.0723. The molecule has 4 N–H and O–H groups in total. The van der Waals surface area contributed by atoms with Gasteiger partial charge < -0.3 is 10.8 Å². The van der Waals surface area contributed by atoms with Gasteiger partial charge >= 0.3 is 5.97 Å². The highest BCUT2D eigenvalue weighted by atomic mass is 32.2. The standard InChI is InChI=1S/C8H12N2O4S/c1-8(2-5(11)10-7(8)14)15-3-4(9)6(12)13/h4H,2-3,9H2,1H3,(H,12,13)(H,10,11,14). The first-order valence-corrected chi connectivity index (χ1v) is 5.30. The minimum atomic E-state index is -1.11. The van der Waals surface area contributed by atoms with Crippen LogP contribution < -0.4 is 11.1 Å². The first kappa shape index (κ1) is 12.0. The number of hydrogen-bond acceptors (Lipinski definition) is 5. The number of carboxylic acids is 1. The molecule has 0 aromatic heterocycles. The number of thioether (sulfide) groups is 1. The summed E-state index contributed by atoms with van der Waals surface area (Å²) in [5.74, 6) is -1.73. The average Bonchev–Trinajstić information content (AvgIpc) is 2.37. The van der Waals surface area contributed by atoms with Gasteiger partial charge in [-0.05, 0) is 6.92 Å². The normalized spacial score (nSPS) is 27.6. The maximum Gasteiger partial charge on any atom is 0.321 e. The predicted molar refractivity (Wildman–Crippen MR) is 54.2 cm³/mol. The fourth-order valence-electron chi connectivity index (χ4n) is 1.15. The van der Waals surface area contributed by atoms with E-state index in [1.54, 1.807) is 6.92 Å². The lowest BCUT2D eigenvalue weighted by Gasteiger charge is -2.19. The highest BCUT2D eigenvalue weighted by molar-refractivity contribution is 8.01. The number of carbonyl (C=O) groups excluding carboxylic acids is 2. The molecule has 1 fully saturated rings.